The molecule has 1 aromatic rings. The summed E-state index contributed by atoms with van der Waals surface area (Å²) in [5.41, 5.74) is -1.93. The number of nitrogens with two attached hydrogens (primary N) is 1. The topological polar surface area (TPSA) is 212 Å². The Kier molecular flexibility index (Phi) is 7.13. The Labute approximate surface area is 168 Å². The summed E-state index contributed by atoms with van der Waals surface area (Å²) in [5, 5.41) is 51.6. The Morgan fingerprint density at radius 2 is 2.07 bits per heavy atom. The van der Waals surface area contributed by atoms with Crippen LogP contribution in [-0.4, -0.2) is 77.0 Å². The van der Waals surface area contributed by atoms with E-state index in [1.54, 1.807) is 4.98 Å². The highest BCUT2D eigenvalue weighted by Crippen LogP contribution is 2.44. The number of unbranched alkanes of at least 4 members (excludes halogenated alkanes) is 2. The van der Waals surface area contributed by atoms with Gasteiger partial charge < -0.3 is 36.1 Å². The van der Waals surface area contributed by atoms with Crippen LogP contribution in [0.4, 0.5) is 4.39 Å². The molecule has 0 aromatic carbocycles. The van der Waals surface area contributed by atoms with E-state index >= 15 is 0 Å². The number of nitrogens with one attached hydrogen (secondary N) is 1. The molecule has 1 aliphatic heterocycles. The van der Waals surface area contributed by atoms with Crippen LogP contribution in [0.25, 0.3) is 0 Å². The molecule has 0 radical (unpaired) electrons. The molecule has 14 heteroatoms. The number of carbonyl (C=O) groups excluding carboxylic acids is 1. The Hall–Kier alpha value is -2.20. The van der Waals surface area contributed by atoms with Gasteiger partial charge in [0.25, 0.3) is 11.5 Å². The van der Waals surface area contributed by atoms with Gasteiger partial charge in [0.05, 0.1) is 6.61 Å². The number of alkyl halides is 1. The minimum atomic E-state index is -3.45. The molecule has 170 valence electrons. The highest BCUT2D eigenvalue weighted by Gasteiger charge is 2.71. The number of rotatable bonds is 9. The van der Waals surface area contributed by atoms with Crippen molar-refractivity contribution in [2.45, 2.75) is 62.7 Å². The number of amides is 1. The second-order valence-corrected chi connectivity index (χ2v) is 6.93. The summed E-state index contributed by atoms with van der Waals surface area (Å²) in [6.45, 7) is 0.822. The van der Waals surface area contributed by atoms with Crippen molar-refractivity contribution in [3.05, 3.63) is 32.6 Å². The zero-order chi connectivity index (χ0) is 22.9. The smallest absolute Gasteiger partial charge is 0.332 e. The van der Waals surface area contributed by atoms with E-state index in [0.29, 0.717) is 19.0 Å². The highest BCUT2D eigenvalue weighted by molar-refractivity contribution is 5.91. The molecule has 0 spiro atoms. The first-order valence-corrected chi connectivity index (χ1v) is 9.15. The first-order chi connectivity index (χ1) is 13.9. The predicted molar refractivity (Wildman–Crippen MR) is 95.6 cm³/mol. The van der Waals surface area contributed by atoms with E-state index in [4.69, 9.17) is 10.5 Å². The quantitative estimate of drug-likeness (QED) is 0.0917. The fourth-order valence-electron chi connectivity index (χ4n) is 3.24. The van der Waals surface area contributed by atoms with Crippen molar-refractivity contribution >= 4 is 5.91 Å². The van der Waals surface area contributed by atoms with E-state index in [2.05, 4.69) is 0 Å². The summed E-state index contributed by atoms with van der Waals surface area (Å²) >= 11 is 0. The third-order valence-corrected chi connectivity index (χ3v) is 4.93. The lowest BCUT2D eigenvalue weighted by Crippen LogP contribution is -2.70. The van der Waals surface area contributed by atoms with Crippen LogP contribution in [0, 0.1) is 0 Å². The average Bonchev–Trinajstić information content (AvgIpc) is 2.89. The van der Waals surface area contributed by atoms with Gasteiger partial charge >= 0.3 is 11.6 Å². The van der Waals surface area contributed by atoms with Gasteiger partial charge in [-0.3, -0.25) is 14.6 Å². The van der Waals surface area contributed by atoms with Gasteiger partial charge in [0, 0.05) is 6.20 Å². The maximum absolute atomic E-state index is 14.6. The number of hydrogen-bond acceptors (Lipinski definition) is 10. The molecule has 5 atom stereocenters. The van der Waals surface area contributed by atoms with E-state index in [-0.39, 0.29) is 17.4 Å². The van der Waals surface area contributed by atoms with E-state index in [9.17, 15) is 44.4 Å². The number of aromatic nitrogens is 2. The molecule has 2 rings (SSSR count). The largest absolute Gasteiger partial charge is 0.394 e. The normalized spacial score (nSPS) is 30.0. The number of carbonyl (C=O) groups is 1. The zero-order valence-electron chi connectivity index (χ0n) is 16.1. The van der Waals surface area contributed by atoms with Crippen LogP contribution in [0.15, 0.2) is 15.8 Å². The van der Waals surface area contributed by atoms with E-state index in [1.165, 1.54) is 0 Å². The monoisotopic (exact) mass is 436 g/mol. The van der Waals surface area contributed by atoms with Gasteiger partial charge in [0.1, 0.15) is 17.8 Å². The van der Waals surface area contributed by atoms with Crippen LogP contribution in [0.1, 0.15) is 43.0 Å². The molecule has 13 nitrogen and oxygen atoms in total. The van der Waals surface area contributed by atoms with Crippen LogP contribution < -0.4 is 17.0 Å². The average molecular weight is 436 g/mol. The number of ether oxygens (including phenoxy) is 1. The third kappa shape index (κ3) is 3.78. The van der Waals surface area contributed by atoms with Gasteiger partial charge in [-0.05, 0) is 12.8 Å². The number of halogens is 1. The van der Waals surface area contributed by atoms with Gasteiger partial charge in [-0.15, -0.1) is 5.06 Å². The summed E-state index contributed by atoms with van der Waals surface area (Å²) in [6.07, 6.45) is -4.81. The summed E-state index contributed by atoms with van der Waals surface area (Å²) in [6, 6.07) is 0. The molecule has 0 saturated carbocycles. The van der Waals surface area contributed by atoms with Gasteiger partial charge in [0.15, 0.2) is 6.30 Å². The molecule has 0 aliphatic carbocycles. The maximum Gasteiger partial charge on any atom is 0.332 e. The molecule has 1 aromatic heterocycles. The Balaban J connectivity index is 2.63. The molecule has 30 heavy (non-hydrogen) atoms. The number of hydrogen-bond donors (Lipinski definition) is 7. The zero-order valence-corrected chi connectivity index (χ0v) is 16.1. The van der Waals surface area contributed by atoms with Gasteiger partial charge in [-0.1, -0.05) is 19.8 Å². The molecular formula is C16H25FN4O9. The van der Waals surface area contributed by atoms with Gasteiger partial charge in [-0.25, -0.2) is 13.8 Å². The van der Waals surface area contributed by atoms with Crippen molar-refractivity contribution in [1.82, 2.24) is 14.6 Å². The van der Waals surface area contributed by atoms with Crippen LogP contribution in [0.5, 0.6) is 0 Å². The van der Waals surface area contributed by atoms with E-state index < -0.39 is 64.5 Å². The fraction of sp³-hybridized carbons (Fsp3) is 0.688. The van der Waals surface area contributed by atoms with Crippen LogP contribution >= 0.6 is 0 Å². The summed E-state index contributed by atoms with van der Waals surface area (Å²) < 4.78 is 19.7. The summed E-state index contributed by atoms with van der Waals surface area (Å²) in [5.74, 6) is -4.77. The predicted octanol–water partition coefficient (Wildman–Crippen LogP) is -2.75. The molecule has 0 bridgehead atoms. The number of aliphatic hydroxyl groups is 4. The van der Waals surface area contributed by atoms with Crippen molar-refractivity contribution in [3.8, 4) is 0 Å². The van der Waals surface area contributed by atoms with Crippen molar-refractivity contribution in [2.75, 3.05) is 6.61 Å². The minimum Gasteiger partial charge on any atom is -0.394 e. The van der Waals surface area contributed by atoms with Gasteiger partial charge in [0.2, 0.25) is 5.72 Å². The number of H-pyrrole nitrogens is 1. The minimum absolute atomic E-state index is 0.0509. The standard InChI is InChI=1S/C16H25FN4O9/c1-2-3-4-5-10(17)21(29)15(27)11(23)9(7-22)30-16(15,28)20-6-8(12(18)24)13(25)19-14(20)26/h6,9-11,22-23,27-29H,2-5,7H2,1H3,(H2,18,24)(H,19,25,26)/t9-,10?,11-,15-,16+/m1/s1. The van der Waals surface area contributed by atoms with Crippen molar-refractivity contribution in [1.29, 1.82) is 0 Å². The highest BCUT2D eigenvalue weighted by atomic mass is 19.1. The lowest BCUT2D eigenvalue weighted by atomic mass is 10.00. The first kappa shape index (κ1) is 24.1. The number of aliphatic hydroxyl groups excluding tert-OH is 2. The first-order valence-electron chi connectivity index (χ1n) is 9.15. The van der Waals surface area contributed by atoms with Crippen molar-refractivity contribution in [2.24, 2.45) is 5.73 Å². The number of primary amides is 1. The fourth-order valence-corrected chi connectivity index (χ4v) is 3.24. The molecule has 1 unspecified atom stereocenters. The number of nitrogens with zero attached hydrogens (tertiary/aromatic N) is 2. The third-order valence-electron chi connectivity index (χ3n) is 4.93. The summed E-state index contributed by atoms with van der Waals surface area (Å²) in [7, 11) is 0. The molecule has 8 N–H and O–H groups in total. The lowest BCUT2D eigenvalue weighted by Gasteiger charge is -2.43. The Morgan fingerprint density at radius 3 is 2.60 bits per heavy atom. The number of hydroxylamine groups is 2. The molecule has 2 heterocycles. The van der Waals surface area contributed by atoms with Crippen molar-refractivity contribution in [3.63, 3.8) is 0 Å². The molecule has 1 fully saturated rings. The Morgan fingerprint density at radius 1 is 1.43 bits per heavy atom. The number of aromatic amines is 1. The lowest BCUT2D eigenvalue weighted by molar-refractivity contribution is -0.428. The van der Waals surface area contributed by atoms with Crippen molar-refractivity contribution < 1.29 is 39.6 Å². The molecule has 1 saturated heterocycles. The second kappa shape index (κ2) is 8.89. The Bertz CT molecular complexity index is 892. The summed E-state index contributed by atoms with van der Waals surface area (Å²) in [4.78, 5) is 37.1. The second-order valence-electron chi connectivity index (χ2n) is 6.93. The maximum atomic E-state index is 14.6. The van der Waals surface area contributed by atoms with Crippen LogP contribution in [0.2, 0.25) is 0 Å². The van der Waals surface area contributed by atoms with Crippen LogP contribution in [0.3, 0.4) is 0 Å². The molecule has 1 aliphatic rings. The SMILES string of the molecule is CCCCCC(F)N(O)[C@@]1(O)[C@H](O)[C@@H](CO)O[C@]1(O)n1cc(C(N)=O)c(=O)[nH]c1=O. The van der Waals surface area contributed by atoms with Gasteiger partial charge in [-0.2, -0.15) is 0 Å². The molecular weight excluding hydrogens is 411 g/mol. The molecule has 1 amide bonds. The van der Waals surface area contributed by atoms with E-state index in [1.807, 2.05) is 6.92 Å². The van der Waals surface area contributed by atoms with E-state index in [0.717, 1.165) is 0 Å². The van der Waals surface area contributed by atoms with Crippen LogP contribution in [-0.2, 0) is 10.6 Å².